The number of nitrogens with zero attached hydrogens (tertiary/aromatic N) is 3. The Morgan fingerprint density at radius 1 is 0.966 bits per heavy atom. The molecule has 29 heavy (non-hydrogen) atoms. The van der Waals surface area contributed by atoms with Crippen LogP contribution < -0.4 is 5.43 Å². The lowest BCUT2D eigenvalue weighted by Crippen LogP contribution is -2.55. The molecule has 0 radical (unpaired) electrons. The molecule has 0 aromatic heterocycles. The number of carbonyl (C=O) groups excluding carboxylic acids is 1. The summed E-state index contributed by atoms with van der Waals surface area (Å²) in [5, 5.41) is 8.77. The molecule has 2 aromatic rings. The molecule has 2 heterocycles. The fourth-order valence-corrected chi connectivity index (χ4v) is 3.26. The highest BCUT2D eigenvalue weighted by Gasteiger charge is 2.42. The van der Waals surface area contributed by atoms with Crippen molar-refractivity contribution in [2.24, 2.45) is 10.2 Å². The van der Waals surface area contributed by atoms with Gasteiger partial charge in [-0.15, -0.1) is 10.2 Å². The molecule has 1 N–H and O–H groups in total. The Bertz CT molecular complexity index is 1070. The Labute approximate surface area is 169 Å². The largest absolute Gasteiger partial charge is 0.433 e. The van der Waals surface area contributed by atoms with Crippen molar-refractivity contribution < 1.29 is 18.0 Å². The van der Waals surface area contributed by atoms with Crippen molar-refractivity contribution in [2.45, 2.75) is 13.1 Å². The fourth-order valence-electron chi connectivity index (χ4n) is 3.13. The van der Waals surface area contributed by atoms with E-state index in [9.17, 15) is 18.0 Å². The number of aryl methyl sites for hydroxylation is 1. The molecular formula is C20H14ClF3N4O. The zero-order valence-corrected chi connectivity index (χ0v) is 15.8. The van der Waals surface area contributed by atoms with Crippen LogP contribution in [-0.2, 0) is 4.79 Å². The highest BCUT2D eigenvalue weighted by Crippen LogP contribution is 2.34. The second-order valence-corrected chi connectivity index (χ2v) is 7.05. The molecular weight excluding hydrogens is 405 g/mol. The summed E-state index contributed by atoms with van der Waals surface area (Å²) in [6.45, 7) is 1.29. The summed E-state index contributed by atoms with van der Waals surface area (Å²) in [6.07, 6.45) is -4.63. The summed E-state index contributed by atoms with van der Waals surface area (Å²) in [6, 6.07) is 13.9. The summed E-state index contributed by atoms with van der Waals surface area (Å²) >= 11 is 5.95. The maximum Gasteiger partial charge on any atom is 0.433 e. The zero-order chi connectivity index (χ0) is 20.8. The van der Waals surface area contributed by atoms with Crippen molar-refractivity contribution in [1.29, 1.82) is 0 Å². The first-order valence-electron chi connectivity index (χ1n) is 8.62. The number of hydrogen-bond acceptors (Lipinski definition) is 4. The molecule has 0 saturated carbocycles. The zero-order valence-electron chi connectivity index (χ0n) is 15.1. The number of amidine groups is 1. The summed E-state index contributed by atoms with van der Waals surface area (Å²) in [5.41, 5.74) is 4.30. The number of alkyl halides is 3. The van der Waals surface area contributed by atoms with Gasteiger partial charge in [0.1, 0.15) is 0 Å². The summed E-state index contributed by atoms with van der Waals surface area (Å²) in [7, 11) is 0. The third kappa shape index (κ3) is 3.63. The van der Waals surface area contributed by atoms with Crippen molar-refractivity contribution in [3.05, 3.63) is 70.2 Å². The molecule has 9 heteroatoms. The van der Waals surface area contributed by atoms with Gasteiger partial charge in [-0.2, -0.15) is 13.2 Å². The van der Waals surface area contributed by atoms with Crippen molar-refractivity contribution in [2.75, 3.05) is 6.54 Å². The quantitative estimate of drug-likeness (QED) is 0.793. The number of halogens is 4. The van der Waals surface area contributed by atoms with Gasteiger partial charge in [0, 0.05) is 10.6 Å². The molecule has 1 amide bonds. The van der Waals surface area contributed by atoms with Crippen molar-refractivity contribution in [3.63, 3.8) is 0 Å². The first-order valence-corrected chi connectivity index (χ1v) is 8.99. The number of nitrogens with one attached hydrogen (secondary N) is 1. The number of carbonyl (C=O) groups is 1. The highest BCUT2D eigenvalue weighted by atomic mass is 35.5. The molecule has 5 nitrogen and oxygen atoms in total. The smallest absolute Gasteiger partial charge is 0.267 e. The lowest BCUT2D eigenvalue weighted by Gasteiger charge is -2.35. The van der Waals surface area contributed by atoms with Gasteiger partial charge in [-0.25, -0.2) is 0 Å². The standard InChI is InChI=1S/C20H14ClF3N4O/c1-11-2-4-12(5-3-11)16-17(13-6-8-14(21)9-7-13)19(29)27-28-10-15(20(22,23)24)25-26-18(16)28/h2-9H,10H2,1H3,(H,27,29). The van der Waals surface area contributed by atoms with Crippen molar-refractivity contribution in [3.8, 4) is 0 Å². The summed E-state index contributed by atoms with van der Waals surface area (Å²) in [5.74, 6) is -0.392. The minimum Gasteiger partial charge on any atom is -0.267 e. The maximum absolute atomic E-state index is 13.1. The molecule has 148 valence electrons. The lowest BCUT2D eigenvalue weighted by atomic mass is 9.91. The lowest BCUT2D eigenvalue weighted by molar-refractivity contribution is -0.119. The van der Waals surface area contributed by atoms with Crippen molar-refractivity contribution in [1.82, 2.24) is 10.4 Å². The molecule has 0 fully saturated rings. The Balaban J connectivity index is 1.95. The van der Waals surface area contributed by atoms with E-state index in [4.69, 9.17) is 11.6 Å². The molecule has 2 aliphatic rings. The van der Waals surface area contributed by atoms with E-state index in [1.807, 2.05) is 19.1 Å². The molecule has 0 spiro atoms. The normalized spacial score (nSPS) is 16.9. The van der Waals surface area contributed by atoms with E-state index in [1.165, 1.54) is 0 Å². The number of benzene rings is 2. The average molecular weight is 419 g/mol. The van der Waals surface area contributed by atoms with Gasteiger partial charge in [-0.1, -0.05) is 53.6 Å². The molecule has 2 aliphatic heterocycles. The van der Waals surface area contributed by atoms with Crippen LogP contribution in [0.2, 0.25) is 5.02 Å². The average Bonchev–Trinajstić information content (AvgIpc) is 2.67. The Kier molecular flexibility index (Phi) is 4.66. The summed E-state index contributed by atoms with van der Waals surface area (Å²) in [4.78, 5) is 12.9. The van der Waals surface area contributed by atoms with E-state index in [-0.39, 0.29) is 11.4 Å². The van der Waals surface area contributed by atoms with Gasteiger partial charge in [-0.05, 0) is 30.2 Å². The van der Waals surface area contributed by atoms with E-state index in [0.717, 1.165) is 10.6 Å². The molecule has 0 bridgehead atoms. The third-order valence-electron chi connectivity index (χ3n) is 4.57. The van der Waals surface area contributed by atoms with Crippen LogP contribution >= 0.6 is 11.6 Å². The van der Waals surface area contributed by atoms with Gasteiger partial charge < -0.3 is 0 Å². The third-order valence-corrected chi connectivity index (χ3v) is 4.82. The van der Waals surface area contributed by atoms with Gasteiger partial charge >= 0.3 is 6.18 Å². The number of amides is 1. The second-order valence-electron chi connectivity index (χ2n) is 6.62. The van der Waals surface area contributed by atoms with E-state index in [2.05, 4.69) is 15.6 Å². The van der Waals surface area contributed by atoms with Crippen LogP contribution in [0, 0.1) is 6.92 Å². The highest BCUT2D eigenvalue weighted by molar-refractivity contribution is 6.43. The van der Waals surface area contributed by atoms with E-state index < -0.39 is 24.3 Å². The van der Waals surface area contributed by atoms with Crippen LogP contribution in [0.15, 0.2) is 58.7 Å². The minimum atomic E-state index is -4.63. The SMILES string of the molecule is Cc1ccc(C2=C(c3ccc(Cl)cc3)C(=O)NN3CC(C(F)(F)F)=NN=C23)cc1. The number of fused-ring (bicyclic) bond motifs is 1. The van der Waals surface area contributed by atoms with E-state index >= 15 is 0 Å². The van der Waals surface area contributed by atoms with Crippen LogP contribution in [0.25, 0.3) is 11.1 Å². The molecule has 0 aliphatic carbocycles. The molecule has 4 rings (SSSR count). The van der Waals surface area contributed by atoms with Gasteiger partial charge in [0.25, 0.3) is 5.91 Å². The van der Waals surface area contributed by atoms with Crippen LogP contribution in [0.3, 0.4) is 0 Å². The Morgan fingerprint density at radius 3 is 2.17 bits per heavy atom. The Hall–Kier alpha value is -3.13. The number of rotatable bonds is 2. The molecule has 2 aromatic carbocycles. The minimum absolute atomic E-state index is 0.145. The Morgan fingerprint density at radius 2 is 1.55 bits per heavy atom. The summed E-state index contributed by atoms with van der Waals surface area (Å²) < 4.78 is 39.2. The van der Waals surface area contributed by atoms with Crippen LogP contribution in [-0.4, -0.2) is 35.2 Å². The second kappa shape index (κ2) is 7.04. The van der Waals surface area contributed by atoms with Crippen molar-refractivity contribution >= 4 is 40.2 Å². The van der Waals surface area contributed by atoms with Gasteiger partial charge in [0.05, 0.1) is 12.1 Å². The van der Waals surface area contributed by atoms with Gasteiger partial charge in [-0.3, -0.25) is 15.2 Å². The van der Waals surface area contributed by atoms with E-state index in [1.54, 1.807) is 36.4 Å². The number of hydrogen-bond donors (Lipinski definition) is 1. The van der Waals surface area contributed by atoms with Gasteiger partial charge in [0.2, 0.25) is 0 Å². The topological polar surface area (TPSA) is 57.1 Å². The molecule has 0 atom stereocenters. The predicted octanol–water partition coefficient (Wildman–Crippen LogP) is 4.24. The van der Waals surface area contributed by atoms with E-state index in [0.29, 0.717) is 21.7 Å². The predicted molar refractivity (Wildman–Crippen MR) is 105 cm³/mol. The monoisotopic (exact) mass is 418 g/mol. The molecule has 0 unspecified atom stereocenters. The first-order chi connectivity index (χ1) is 13.7. The maximum atomic E-state index is 13.1. The van der Waals surface area contributed by atoms with Crippen LogP contribution in [0.4, 0.5) is 13.2 Å². The van der Waals surface area contributed by atoms with Crippen LogP contribution in [0.5, 0.6) is 0 Å². The fraction of sp³-hybridized carbons (Fsp3) is 0.150. The number of hydrazine groups is 1. The van der Waals surface area contributed by atoms with Gasteiger partial charge in [0.15, 0.2) is 11.5 Å². The first kappa shape index (κ1) is 19.2. The van der Waals surface area contributed by atoms with Crippen LogP contribution in [0.1, 0.15) is 16.7 Å². The molecule has 0 saturated heterocycles.